The van der Waals surface area contributed by atoms with E-state index in [0.29, 0.717) is 11.3 Å². The summed E-state index contributed by atoms with van der Waals surface area (Å²) in [4.78, 5) is 24.3. The SMILES string of the molecule is CC(C)C(NC(=O)OC(C)(C)C)C(=O)Nc1ccccc1C#N. The Hall–Kier alpha value is -2.55. The van der Waals surface area contributed by atoms with Gasteiger partial charge < -0.3 is 15.4 Å². The van der Waals surface area contributed by atoms with Crippen molar-refractivity contribution in [3.8, 4) is 6.07 Å². The van der Waals surface area contributed by atoms with E-state index in [4.69, 9.17) is 10.00 Å². The topological polar surface area (TPSA) is 91.2 Å². The van der Waals surface area contributed by atoms with Crippen LogP contribution in [0.3, 0.4) is 0 Å². The van der Waals surface area contributed by atoms with Crippen LogP contribution in [0.25, 0.3) is 0 Å². The minimum Gasteiger partial charge on any atom is -0.444 e. The molecule has 1 aromatic rings. The van der Waals surface area contributed by atoms with E-state index in [1.807, 2.05) is 19.9 Å². The minimum absolute atomic E-state index is 0.142. The number of amides is 2. The largest absolute Gasteiger partial charge is 0.444 e. The Morgan fingerprint density at radius 1 is 1.22 bits per heavy atom. The second-order valence-corrected chi connectivity index (χ2v) is 6.51. The fourth-order valence-electron chi connectivity index (χ4n) is 1.87. The van der Waals surface area contributed by atoms with Gasteiger partial charge in [0.1, 0.15) is 17.7 Å². The first kappa shape index (κ1) is 18.5. The summed E-state index contributed by atoms with van der Waals surface area (Å²) in [6, 6.07) is 7.94. The maximum absolute atomic E-state index is 12.4. The average Bonchev–Trinajstić information content (AvgIpc) is 2.43. The lowest BCUT2D eigenvalue weighted by molar-refractivity contribution is -0.119. The summed E-state index contributed by atoms with van der Waals surface area (Å²) in [6.45, 7) is 8.89. The van der Waals surface area contributed by atoms with Gasteiger partial charge in [0.2, 0.25) is 5.91 Å². The first-order valence-electron chi connectivity index (χ1n) is 7.43. The molecule has 0 spiro atoms. The Balaban J connectivity index is 2.84. The predicted molar refractivity (Wildman–Crippen MR) is 87.8 cm³/mol. The molecule has 0 aromatic heterocycles. The van der Waals surface area contributed by atoms with Crippen molar-refractivity contribution in [2.45, 2.75) is 46.3 Å². The molecular formula is C17H23N3O3. The third kappa shape index (κ3) is 5.99. The molecule has 0 saturated carbocycles. The lowest BCUT2D eigenvalue weighted by atomic mass is 10.0. The molecule has 0 radical (unpaired) electrons. The molecule has 1 unspecified atom stereocenters. The number of hydrogen-bond donors (Lipinski definition) is 2. The van der Waals surface area contributed by atoms with Crippen molar-refractivity contribution in [2.75, 3.05) is 5.32 Å². The summed E-state index contributed by atoms with van der Waals surface area (Å²) in [7, 11) is 0. The van der Waals surface area contributed by atoms with Crippen molar-refractivity contribution >= 4 is 17.7 Å². The number of alkyl carbamates (subject to hydrolysis) is 1. The van der Waals surface area contributed by atoms with Gasteiger partial charge >= 0.3 is 6.09 Å². The Morgan fingerprint density at radius 2 is 1.83 bits per heavy atom. The Kier molecular flexibility index (Phi) is 6.14. The van der Waals surface area contributed by atoms with Crippen molar-refractivity contribution in [2.24, 2.45) is 5.92 Å². The van der Waals surface area contributed by atoms with Crippen molar-refractivity contribution in [3.63, 3.8) is 0 Å². The normalized spacial score (nSPS) is 12.2. The number of anilines is 1. The van der Waals surface area contributed by atoms with Gasteiger partial charge in [0.05, 0.1) is 11.3 Å². The number of nitrogens with zero attached hydrogens (tertiary/aromatic N) is 1. The molecule has 0 saturated heterocycles. The number of hydrogen-bond acceptors (Lipinski definition) is 4. The van der Waals surface area contributed by atoms with Gasteiger partial charge in [0, 0.05) is 0 Å². The number of ether oxygens (including phenoxy) is 1. The Morgan fingerprint density at radius 3 is 2.35 bits per heavy atom. The molecule has 1 atom stereocenters. The quantitative estimate of drug-likeness (QED) is 0.893. The second-order valence-electron chi connectivity index (χ2n) is 6.51. The van der Waals surface area contributed by atoms with Gasteiger partial charge in [0.15, 0.2) is 0 Å². The van der Waals surface area contributed by atoms with Crippen LogP contribution in [0, 0.1) is 17.2 Å². The summed E-state index contributed by atoms with van der Waals surface area (Å²) in [5, 5.41) is 14.3. The molecule has 0 bridgehead atoms. The summed E-state index contributed by atoms with van der Waals surface area (Å²) < 4.78 is 5.18. The minimum atomic E-state index is -0.767. The fourth-order valence-corrected chi connectivity index (χ4v) is 1.87. The van der Waals surface area contributed by atoms with Crippen molar-refractivity contribution in [3.05, 3.63) is 29.8 Å². The first-order chi connectivity index (χ1) is 10.6. The molecule has 2 amide bonds. The molecule has 23 heavy (non-hydrogen) atoms. The summed E-state index contributed by atoms with van der Waals surface area (Å²) in [6.07, 6.45) is -0.653. The number of rotatable bonds is 4. The van der Waals surface area contributed by atoms with E-state index >= 15 is 0 Å². The molecule has 0 fully saturated rings. The van der Waals surface area contributed by atoms with Crippen LogP contribution in [0.2, 0.25) is 0 Å². The Labute approximate surface area is 136 Å². The number of benzene rings is 1. The molecule has 1 rings (SSSR count). The number of carbonyl (C=O) groups is 2. The number of carbonyl (C=O) groups excluding carboxylic acids is 2. The summed E-state index contributed by atoms with van der Waals surface area (Å²) in [5.41, 5.74) is 0.132. The van der Waals surface area contributed by atoms with Gasteiger partial charge in [-0.15, -0.1) is 0 Å². The number of para-hydroxylation sites is 1. The van der Waals surface area contributed by atoms with E-state index in [-0.39, 0.29) is 5.92 Å². The molecule has 0 heterocycles. The van der Waals surface area contributed by atoms with Crippen LogP contribution in [-0.2, 0) is 9.53 Å². The third-order valence-electron chi connectivity index (χ3n) is 2.93. The van der Waals surface area contributed by atoms with Crippen molar-refractivity contribution < 1.29 is 14.3 Å². The number of nitrogens with one attached hydrogen (secondary N) is 2. The van der Waals surface area contributed by atoms with E-state index < -0.39 is 23.6 Å². The molecule has 6 nitrogen and oxygen atoms in total. The molecular weight excluding hydrogens is 294 g/mol. The zero-order chi connectivity index (χ0) is 17.6. The highest BCUT2D eigenvalue weighted by Crippen LogP contribution is 2.15. The molecule has 0 aliphatic carbocycles. The van der Waals surface area contributed by atoms with Crippen LogP contribution >= 0.6 is 0 Å². The maximum atomic E-state index is 12.4. The molecule has 6 heteroatoms. The first-order valence-corrected chi connectivity index (χ1v) is 7.43. The van der Waals surface area contributed by atoms with E-state index in [2.05, 4.69) is 10.6 Å². The monoisotopic (exact) mass is 317 g/mol. The highest BCUT2D eigenvalue weighted by atomic mass is 16.6. The highest BCUT2D eigenvalue weighted by Gasteiger charge is 2.27. The second kappa shape index (κ2) is 7.63. The van der Waals surface area contributed by atoms with Crippen molar-refractivity contribution in [1.82, 2.24) is 5.32 Å². The lowest BCUT2D eigenvalue weighted by Crippen LogP contribution is -2.48. The van der Waals surface area contributed by atoms with Crippen LogP contribution in [0.4, 0.5) is 10.5 Å². The molecule has 2 N–H and O–H groups in total. The van der Waals surface area contributed by atoms with Crippen molar-refractivity contribution in [1.29, 1.82) is 5.26 Å². The van der Waals surface area contributed by atoms with Crippen LogP contribution in [0.15, 0.2) is 24.3 Å². The van der Waals surface area contributed by atoms with Gasteiger partial charge in [-0.25, -0.2) is 4.79 Å². The van der Waals surface area contributed by atoms with Crippen LogP contribution in [0.5, 0.6) is 0 Å². The van der Waals surface area contributed by atoms with E-state index in [0.717, 1.165) is 0 Å². The van der Waals surface area contributed by atoms with Gasteiger partial charge in [-0.05, 0) is 38.8 Å². The van der Waals surface area contributed by atoms with Gasteiger partial charge in [0.25, 0.3) is 0 Å². The van der Waals surface area contributed by atoms with Gasteiger partial charge in [-0.3, -0.25) is 4.79 Å². The lowest BCUT2D eigenvalue weighted by Gasteiger charge is -2.25. The summed E-state index contributed by atoms with van der Waals surface area (Å²) in [5.74, 6) is -0.537. The van der Waals surface area contributed by atoms with Crippen LogP contribution in [-0.4, -0.2) is 23.6 Å². The average molecular weight is 317 g/mol. The zero-order valence-electron chi connectivity index (χ0n) is 14.1. The van der Waals surface area contributed by atoms with Gasteiger partial charge in [-0.1, -0.05) is 26.0 Å². The maximum Gasteiger partial charge on any atom is 0.408 e. The fraction of sp³-hybridized carbons (Fsp3) is 0.471. The molecule has 1 aromatic carbocycles. The zero-order valence-corrected chi connectivity index (χ0v) is 14.1. The highest BCUT2D eigenvalue weighted by molar-refractivity contribution is 5.97. The van der Waals surface area contributed by atoms with E-state index in [1.54, 1.807) is 45.0 Å². The van der Waals surface area contributed by atoms with E-state index in [9.17, 15) is 9.59 Å². The molecule has 124 valence electrons. The van der Waals surface area contributed by atoms with Crippen LogP contribution in [0.1, 0.15) is 40.2 Å². The predicted octanol–water partition coefficient (Wildman–Crippen LogP) is 3.05. The summed E-state index contributed by atoms with van der Waals surface area (Å²) >= 11 is 0. The Bertz CT molecular complexity index is 612. The van der Waals surface area contributed by atoms with E-state index in [1.165, 1.54) is 0 Å². The number of nitriles is 1. The molecule has 0 aliphatic rings. The third-order valence-corrected chi connectivity index (χ3v) is 2.93. The smallest absolute Gasteiger partial charge is 0.408 e. The van der Waals surface area contributed by atoms with Crippen LogP contribution < -0.4 is 10.6 Å². The molecule has 0 aliphatic heterocycles. The standard InChI is InChI=1S/C17H23N3O3/c1-11(2)14(20-16(22)23-17(3,4)5)15(21)19-13-9-7-6-8-12(13)10-18/h6-9,11,14H,1-5H3,(H,19,21)(H,20,22). The van der Waals surface area contributed by atoms with Gasteiger partial charge in [-0.2, -0.15) is 5.26 Å².